The van der Waals surface area contributed by atoms with E-state index in [1.807, 2.05) is 13.1 Å². The highest BCUT2D eigenvalue weighted by Crippen LogP contribution is 2.29. The third-order valence-corrected chi connectivity index (χ3v) is 4.45. The highest BCUT2D eigenvalue weighted by Gasteiger charge is 2.11. The molecule has 0 saturated heterocycles. The van der Waals surface area contributed by atoms with Crippen molar-refractivity contribution in [2.45, 2.75) is 20.3 Å². The SMILES string of the molecule is CNc1nc2ccccc2c(Cc2cc(C)cc(Br)c2)c1C. The van der Waals surface area contributed by atoms with E-state index in [1.165, 1.54) is 27.6 Å². The van der Waals surface area contributed by atoms with Crippen LogP contribution in [0.25, 0.3) is 10.9 Å². The molecule has 0 aliphatic heterocycles. The summed E-state index contributed by atoms with van der Waals surface area (Å²) >= 11 is 3.60. The summed E-state index contributed by atoms with van der Waals surface area (Å²) in [5, 5.41) is 4.45. The van der Waals surface area contributed by atoms with Crippen LogP contribution in [0.3, 0.4) is 0 Å². The number of pyridine rings is 1. The van der Waals surface area contributed by atoms with Crippen LogP contribution in [-0.4, -0.2) is 12.0 Å². The van der Waals surface area contributed by atoms with Crippen molar-refractivity contribution < 1.29 is 0 Å². The predicted molar refractivity (Wildman–Crippen MR) is 97.7 cm³/mol. The molecule has 22 heavy (non-hydrogen) atoms. The van der Waals surface area contributed by atoms with Gasteiger partial charge in [-0.3, -0.25) is 0 Å². The molecule has 2 aromatic carbocycles. The Kier molecular flexibility index (Phi) is 4.16. The van der Waals surface area contributed by atoms with Crippen molar-refractivity contribution in [2.24, 2.45) is 0 Å². The minimum atomic E-state index is 0.907. The summed E-state index contributed by atoms with van der Waals surface area (Å²) in [5.74, 6) is 0.959. The van der Waals surface area contributed by atoms with Crippen LogP contribution in [0, 0.1) is 13.8 Å². The summed E-state index contributed by atoms with van der Waals surface area (Å²) in [6, 6.07) is 14.9. The van der Waals surface area contributed by atoms with Gasteiger partial charge in [0.2, 0.25) is 0 Å². The Labute approximate surface area is 139 Å². The van der Waals surface area contributed by atoms with Crippen LogP contribution in [0.5, 0.6) is 0 Å². The first-order valence-corrected chi connectivity index (χ1v) is 8.20. The first-order valence-electron chi connectivity index (χ1n) is 7.40. The molecule has 0 aliphatic rings. The number of hydrogen-bond acceptors (Lipinski definition) is 2. The van der Waals surface area contributed by atoms with E-state index in [0.29, 0.717) is 0 Å². The van der Waals surface area contributed by atoms with Crippen LogP contribution in [0.1, 0.15) is 22.3 Å². The zero-order valence-corrected chi connectivity index (χ0v) is 14.7. The van der Waals surface area contributed by atoms with Gasteiger partial charge in [0, 0.05) is 16.9 Å². The summed E-state index contributed by atoms with van der Waals surface area (Å²) in [7, 11) is 1.93. The van der Waals surface area contributed by atoms with Gasteiger partial charge in [-0.15, -0.1) is 0 Å². The quantitative estimate of drug-likeness (QED) is 0.694. The van der Waals surface area contributed by atoms with E-state index in [0.717, 1.165) is 22.2 Å². The number of anilines is 1. The molecule has 2 nitrogen and oxygen atoms in total. The van der Waals surface area contributed by atoms with Crippen molar-refractivity contribution in [3.63, 3.8) is 0 Å². The molecule has 3 heteroatoms. The van der Waals surface area contributed by atoms with Crippen LogP contribution in [0.4, 0.5) is 5.82 Å². The van der Waals surface area contributed by atoms with Crippen molar-refractivity contribution in [3.8, 4) is 0 Å². The second-order valence-electron chi connectivity index (χ2n) is 5.64. The average molecular weight is 355 g/mol. The van der Waals surface area contributed by atoms with Gasteiger partial charge in [0.1, 0.15) is 5.82 Å². The van der Waals surface area contributed by atoms with E-state index < -0.39 is 0 Å². The number of rotatable bonds is 3. The molecule has 3 rings (SSSR count). The molecule has 0 saturated carbocycles. The summed E-state index contributed by atoms with van der Waals surface area (Å²) in [5.41, 5.74) is 6.19. The van der Waals surface area contributed by atoms with Crippen LogP contribution in [-0.2, 0) is 6.42 Å². The third kappa shape index (κ3) is 2.86. The molecule has 3 aromatic rings. The van der Waals surface area contributed by atoms with E-state index in [-0.39, 0.29) is 0 Å². The van der Waals surface area contributed by atoms with Crippen LogP contribution in [0.2, 0.25) is 0 Å². The first kappa shape index (κ1) is 15.0. The van der Waals surface area contributed by atoms with Crippen molar-refractivity contribution >= 4 is 32.7 Å². The Hall–Kier alpha value is -1.87. The number of fused-ring (bicyclic) bond motifs is 1. The molecule has 0 spiro atoms. The van der Waals surface area contributed by atoms with E-state index in [4.69, 9.17) is 4.98 Å². The predicted octanol–water partition coefficient (Wildman–Crippen LogP) is 5.25. The Morgan fingerprint density at radius 1 is 1.09 bits per heavy atom. The normalized spacial score (nSPS) is 10.9. The van der Waals surface area contributed by atoms with Gasteiger partial charge >= 0.3 is 0 Å². The zero-order chi connectivity index (χ0) is 15.7. The summed E-state index contributed by atoms with van der Waals surface area (Å²) in [6.45, 7) is 4.27. The van der Waals surface area contributed by atoms with E-state index in [1.54, 1.807) is 0 Å². The fourth-order valence-electron chi connectivity index (χ4n) is 2.96. The van der Waals surface area contributed by atoms with Crippen molar-refractivity contribution in [1.29, 1.82) is 0 Å². The Balaban J connectivity index is 2.18. The topological polar surface area (TPSA) is 24.9 Å². The van der Waals surface area contributed by atoms with Gasteiger partial charge in [-0.1, -0.05) is 40.2 Å². The second-order valence-corrected chi connectivity index (χ2v) is 6.56. The Morgan fingerprint density at radius 3 is 2.59 bits per heavy atom. The number of halogens is 1. The maximum Gasteiger partial charge on any atom is 0.129 e. The number of para-hydroxylation sites is 1. The van der Waals surface area contributed by atoms with Crippen molar-refractivity contribution in [1.82, 2.24) is 4.98 Å². The molecular formula is C19H19BrN2. The van der Waals surface area contributed by atoms with E-state index in [9.17, 15) is 0 Å². The lowest BCUT2D eigenvalue weighted by atomic mass is 9.96. The molecule has 1 aromatic heterocycles. The largest absolute Gasteiger partial charge is 0.373 e. The third-order valence-electron chi connectivity index (χ3n) is 3.99. The highest BCUT2D eigenvalue weighted by molar-refractivity contribution is 9.10. The number of benzene rings is 2. The average Bonchev–Trinajstić information content (AvgIpc) is 2.49. The lowest BCUT2D eigenvalue weighted by molar-refractivity contribution is 1.14. The van der Waals surface area contributed by atoms with Gasteiger partial charge in [-0.25, -0.2) is 4.98 Å². The lowest BCUT2D eigenvalue weighted by Gasteiger charge is -2.15. The van der Waals surface area contributed by atoms with Crippen LogP contribution in [0.15, 0.2) is 46.9 Å². The molecule has 0 bridgehead atoms. The Morgan fingerprint density at radius 2 is 1.86 bits per heavy atom. The maximum absolute atomic E-state index is 4.71. The minimum absolute atomic E-state index is 0.907. The number of hydrogen-bond donors (Lipinski definition) is 1. The minimum Gasteiger partial charge on any atom is -0.373 e. The fraction of sp³-hybridized carbons (Fsp3) is 0.211. The monoisotopic (exact) mass is 354 g/mol. The van der Waals surface area contributed by atoms with Gasteiger partial charge in [-0.05, 0) is 60.7 Å². The van der Waals surface area contributed by atoms with Crippen molar-refractivity contribution in [3.05, 3.63) is 69.2 Å². The molecule has 0 radical (unpaired) electrons. The molecule has 0 fully saturated rings. The smallest absolute Gasteiger partial charge is 0.129 e. The van der Waals surface area contributed by atoms with Gasteiger partial charge in [-0.2, -0.15) is 0 Å². The number of nitrogens with one attached hydrogen (secondary N) is 1. The molecule has 1 N–H and O–H groups in total. The van der Waals surface area contributed by atoms with Gasteiger partial charge < -0.3 is 5.32 Å². The second kappa shape index (κ2) is 6.09. The summed E-state index contributed by atoms with van der Waals surface area (Å²) in [4.78, 5) is 4.71. The fourth-order valence-corrected chi connectivity index (χ4v) is 3.62. The number of nitrogens with zero attached hydrogens (tertiary/aromatic N) is 1. The molecule has 0 unspecified atom stereocenters. The highest BCUT2D eigenvalue weighted by atomic mass is 79.9. The van der Waals surface area contributed by atoms with Crippen LogP contribution < -0.4 is 5.32 Å². The summed E-state index contributed by atoms with van der Waals surface area (Å²) < 4.78 is 1.13. The first-order chi connectivity index (χ1) is 10.6. The van der Waals surface area contributed by atoms with E-state index in [2.05, 4.69) is 71.5 Å². The van der Waals surface area contributed by atoms with Crippen molar-refractivity contribution in [2.75, 3.05) is 12.4 Å². The number of aromatic nitrogens is 1. The lowest BCUT2D eigenvalue weighted by Crippen LogP contribution is -2.02. The van der Waals surface area contributed by atoms with Crippen LogP contribution >= 0.6 is 15.9 Å². The molecule has 112 valence electrons. The zero-order valence-electron chi connectivity index (χ0n) is 13.1. The van der Waals surface area contributed by atoms with Gasteiger partial charge in [0.15, 0.2) is 0 Å². The molecule has 1 heterocycles. The number of aryl methyl sites for hydroxylation is 1. The molecule has 0 atom stereocenters. The summed E-state index contributed by atoms with van der Waals surface area (Å²) in [6.07, 6.45) is 0.907. The van der Waals surface area contributed by atoms with Gasteiger partial charge in [0.25, 0.3) is 0 Å². The van der Waals surface area contributed by atoms with E-state index >= 15 is 0 Å². The standard InChI is InChI=1S/C19H19BrN2/c1-12-8-14(10-15(20)9-12)11-17-13(2)19(21-3)22-18-7-5-4-6-16(17)18/h4-10H,11H2,1-3H3,(H,21,22). The Bertz CT molecular complexity index is 820. The van der Waals surface area contributed by atoms with Gasteiger partial charge in [0.05, 0.1) is 5.52 Å². The molecule has 0 aliphatic carbocycles. The maximum atomic E-state index is 4.71. The molecule has 0 amide bonds. The molecular weight excluding hydrogens is 336 g/mol.